The molecular formula is C16H36O4P+. The van der Waals surface area contributed by atoms with Crippen LogP contribution in [0.5, 0.6) is 0 Å². The highest BCUT2D eigenvalue weighted by molar-refractivity contribution is 7.54. The van der Waals surface area contributed by atoms with Gasteiger partial charge in [-0.1, -0.05) is 66.2 Å². The van der Waals surface area contributed by atoms with E-state index >= 15 is 0 Å². The number of rotatable bonds is 14. The topological polar surface area (TPSA) is 58.9 Å². The summed E-state index contributed by atoms with van der Waals surface area (Å²) < 4.78 is 10.6. The Morgan fingerprint density at radius 2 is 1.14 bits per heavy atom. The van der Waals surface area contributed by atoms with E-state index in [4.69, 9.17) is 9.05 Å². The van der Waals surface area contributed by atoms with Gasteiger partial charge < -0.3 is 0 Å². The summed E-state index contributed by atoms with van der Waals surface area (Å²) in [5, 5.41) is 0. The molecule has 0 aromatic rings. The van der Waals surface area contributed by atoms with Gasteiger partial charge in [0.1, 0.15) is 13.2 Å². The normalized spacial score (nSPS) is 15.1. The SMILES string of the molecule is CCCCC(CC)CO[P+](O)(O)OCC(CC)CCCC. The van der Waals surface area contributed by atoms with E-state index in [2.05, 4.69) is 27.7 Å². The first-order chi connectivity index (χ1) is 9.99. The lowest BCUT2D eigenvalue weighted by atomic mass is 10.0. The Labute approximate surface area is 131 Å². The Kier molecular flexibility index (Phi) is 12.9. The number of hydrogen-bond donors (Lipinski definition) is 2. The second-order valence-electron chi connectivity index (χ2n) is 5.92. The van der Waals surface area contributed by atoms with Gasteiger partial charge in [0.25, 0.3) is 0 Å². The standard InChI is InChI=1S/C16H36O4P/c1-5-9-11-15(7-3)13-19-21(17,18)20-14-16(8-4)12-10-6-2/h15-18H,5-14H2,1-4H3/q+1. The predicted octanol–water partition coefficient (Wildman–Crippen LogP) is 5.11. The van der Waals surface area contributed by atoms with Crippen LogP contribution in [0.1, 0.15) is 79.1 Å². The molecule has 0 aliphatic carbocycles. The van der Waals surface area contributed by atoms with Crippen molar-refractivity contribution in [3.05, 3.63) is 0 Å². The molecule has 5 heteroatoms. The van der Waals surface area contributed by atoms with Crippen LogP contribution >= 0.6 is 8.17 Å². The van der Waals surface area contributed by atoms with Crippen molar-refractivity contribution in [2.24, 2.45) is 11.8 Å². The molecule has 0 aliphatic rings. The van der Waals surface area contributed by atoms with Gasteiger partial charge in [-0.2, -0.15) is 18.8 Å². The molecule has 0 aliphatic heterocycles. The van der Waals surface area contributed by atoms with Crippen LogP contribution in [0, 0.1) is 11.8 Å². The van der Waals surface area contributed by atoms with Crippen LogP contribution in [0.15, 0.2) is 0 Å². The van der Waals surface area contributed by atoms with Crippen molar-refractivity contribution in [1.82, 2.24) is 0 Å². The molecule has 0 saturated carbocycles. The van der Waals surface area contributed by atoms with Crippen LogP contribution in [0.2, 0.25) is 0 Å². The lowest BCUT2D eigenvalue weighted by molar-refractivity contribution is 0.0830. The van der Waals surface area contributed by atoms with Gasteiger partial charge >= 0.3 is 8.17 Å². The predicted molar refractivity (Wildman–Crippen MR) is 89.9 cm³/mol. The molecule has 0 rings (SSSR count). The monoisotopic (exact) mass is 323 g/mol. The van der Waals surface area contributed by atoms with Crippen molar-refractivity contribution in [1.29, 1.82) is 0 Å². The summed E-state index contributed by atoms with van der Waals surface area (Å²) in [6.07, 6.45) is 8.74. The average molecular weight is 323 g/mol. The lowest BCUT2D eigenvalue weighted by Gasteiger charge is -2.17. The van der Waals surface area contributed by atoms with Crippen molar-refractivity contribution >= 4 is 8.17 Å². The summed E-state index contributed by atoms with van der Waals surface area (Å²) in [7, 11) is -3.64. The van der Waals surface area contributed by atoms with Crippen molar-refractivity contribution < 1.29 is 18.8 Å². The molecule has 128 valence electrons. The summed E-state index contributed by atoms with van der Waals surface area (Å²) in [5.74, 6) is 0.767. The second kappa shape index (κ2) is 12.8. The molecule has 0 aromatic carbocycles. The number of hydrogen-bond acceptors (Lipinski definition) is 4. The van der Waals surface area contributed by atoms with Crippen LogP contribution in [0.3, 0.4) is 0 Å². The van der Waals surface area contributed by atoms with Crippen molar-refractivity contribution in [3.63, 3.8) is 0 Å². The molecule has 0 fully saturated rings. The zero-order valence-corrected chi connectivity index (χ0v) is 15.3. The average Bonchev–Trinajstić information content (AvgIpc) is 2.47. The van der Waals surface area contributed by atoms with E-state index in [0.29, 0.717) is 25.0 Å². The van der Waals surface area contributed by atoms with E-state index in [1.165, 1.54) is 0 Å². The molecule has 0 spiro atoms. The summed E-state index contributed by atoms with van der Waals surface area (Å²) >= 11 is 0. The van der Waals surface area contributed by atoms with Crippen LogP contribution < -0.4 is 0 Å². The van der Waals surface area contributed by atoms with E-state index in [0.717, 1.165) is 51.4 Å². The minimum Gasteiger partial charge on any atom is -0.168 e. The first-order valence-electron chi connectivity index (χ1n) is 8.62. The molecule has 2 unspecified atom stereocenters. The van der Waals surface area contributed by atoms with Crippen LogP contribution in [0.4, 0.5) is 0 Å². The van der Waals surface area contributed by atoms with Gasteiger partial charge in [-0.15, -0.1) is 0 Å². The van der Waals surface area contributed by atoms with Gasteiger partial charge in [0.05, 0.1) is 0 Å². The van der Waals surface area contributed by atoms with Crippen molar-refractivity contribution in [2.75, 3.05) is 13.2 Å². The van der Waals surface area contributed by atoms with E-state index in [1.807, 2.05) is 0 Å². The molecule has 0 heterocycles. The largest absolute Gasteiger partial charge is 0.569 e. The van der Waals surface area contributed by atoms with Gasteiger partial charge in [0.2, 0.25) is 0 Å². The molecule has 2 N–H and O–H groups in total. The highest BCUT2D eigenvalue weighted by Crippen LogP contribution is 2.53. The van der Waals surface area contributed by atoms with Crippen LogP contribution in [-0.2, 0) is 9.05 Å². The van der Waals surface area contributed by atoms with Crippen LogP contribution in [-0.4, -0.2) is 23.0 Å². The van der Waals surface area contributed by atoms with Gasteiger partial charge in [0, 0.05) is 0 Å². The zero-order chi connectivity index (χ0) is 16.1. The highest BCUT2D eigenvalue weighted by atomic mass is 31.2. The molecular weight excluding hydrogens is 287 g/mol. The fourth-order valence-electron chi connectivity index (χ4n) is 2.24. The Morgan fingerprint density at radius 3 is 1.43 bits per heavy atom. The van der Waals surface area contributed by atoms with Crippen LogP contribution in [0.25, 0.3) is 0 Å². The molecule has 0 amide bonds. The summed E-state index contributed by atoms with van der Waals surface area (Å²) in [6, 6.07) is 0. The van der Waals surface area contributed by atoms with Crippen molar-refractivity contribution in [2.45, 2.75) is 79.1 Å². The number of unbranched alkanes of at least 4 members (excludes halogenated alkanes) is 2. The third-order valence-corrected chi connectivity index (χ3v) is 5.01. The molecule has 21 heavy (non-hydrogen) atoms. The van der Waals surface area contributed by atoms with Gasteiger partial charge in [-0.25, -0.2) is 0 Å². The molecule has 0 aromatic heterocycles. The Bertz CT molecular complexity index is 214. The van der Waals surface area contributed by atoms with E-state index in [-0.39, 0.29) is 0 Å². The van der Waals surface area contributed by atoms with E-state index in [9.17, 15) is 9.79 Å². The fourth-order valence-corrected chi connectivity index (χ4v) is 3.12. The Hall–Kier alpha value is 0.270. The third kappa shape index (κ3) is 11.5. The highest BCUT2D eigenvalue weighted by Gasteiger charge is 2.40. The molecule has 0 saturated heterocycles. The Balaban J connectivity index is 4.04. The summed E-state index contributed by atoms with van der Waals surface area (Å²) in [4.78, 5) is 19.8. The van der Waals surface area contributed by atoms with Gasteiger partial charge in [-0.05, 0) is 24.7 Å². The van der Waals surface area contributed by atoms with Gasteiger partial charge in [-0.3, -0.25) is 0 Å². The Morgan fingerprint density at radius 1 is 0.762 bits per heavy atom. The van der Waals surface area contributed by atoms with E-state index < -0.39 is 8.17 Å². The minimum absolute atomic E-state index is 0.378. The first kappa shape index (κ1) is 21.3. The molecule has 2 atom stereocenters. The maximum Gasteiger partial charge on any atom is 0.569 e. The lowest BCUT2D eigenvalue weighted by Crippen LogP contribution is -2.14. The smallest absolute Gasteiger partial charge is 0.168 e. The van der Waals surface area contributed by atoms with Gasteiger partial charge in [0.15, 0.2) is 0 Å². The third-order valence-electron chi connectivity index (χ3n) is 4.04. The maximum absolute atomic E-state index is 9.88. The molecule has 0 radical (unpaired) electrons. The summed E-state index contributed by atoms with van der Waals surface area (Å²) in [5.41, 5.74) is 0. The minimum atomic E-state index is -3.64. The van der Waals surface area contributed by atoms with Crippen molar-refractivity contribution in [3.8, 4) is 0 Å². The summed E-state index contributed by atoms with van der Waals surface area (Å²) in [6.45, 7) is 9.29. The quantitative estimate of drug-likeness (QED) is 0.436. The van der Waals surface area contributed by atoms with E-state index in [1.54, 1.807) is 0 Å². The zero-order valence-electron chi connectivity index (χ0n) is 14.4. The fraction of sp³-hybridized carbons (Fsp3) is 1.00. The first-order valence-corrected chi connectivity index (χ1v) is 10.2. The second-order valence-corrected chi connectivity index (χ2v) is 7.41. The molecule has 0 bridgehead atoms. The molecule has 4 nitrogen and oxygen atoms in total. The maximum atomic E-state index is 9.88.